The number of benzene rings is 7. The molecule has 238 valence electrons. The molecule has 4 nitrogen and oxygen atoms in total. The van der Waals surface area contributed by atoms with Gasteiger partial charge in [-0.25, -0.2) is 4.98 Å². The third-order valence-electron chi connectivity index (χ3n) is 10.4. The summed E-state index contributed by atoms with van der Waals surface area (Å²) in [5.41, 5.74) is 14.3. The summed E-state index contributed by atoms with van der Waals surface area (Å²) < 4.78 is 8.73. The second kappa shape index (κ2) is 10.8. The highest BCUT2D eigenvalue weighted by molar-refractivity contribution is 6.10. The van der Waals surface area contributed by atoms with Gasteiger partial charge in [-0.3, -0.25) is 0 Å². The van der Waals surface area contributed by atoms with E-state index in [1.54, 1.807) is 0 Å². The van der Waals surface area contributed by atoms with Crippen LogP contribution in [0.3, 0.4) is 0 Å². The quantitative estimate of drug-likeness (QED) is 0.187. The lowest BCUT2D eigenvalue weighted by molar-refractivity contribution is 0.619. The smallest absolute Gasteiger partial charge is 0.227 e. The van der Waals surface area contributed by atoms with Crippen LogP contribution in [0.1, 0.15) is 25.0 Å². The molecule has 7 aromatic carbocycles. The van der Waals surface area contributed by atoms with Crippen LogP contribution in [0, 0.1) is 0 Å². The molecule has 0 unspecified atom stereocenters. The van der Waals surface area contributed by atoms with Gasteiger partial charge in [0.2, 0.25) is 5.89 Å². The van der Waals surface area contributed by atoms with Crippen LogP contribution in [0.4, 0.5) is 17.1 Å². The fourth-order valence-electron chi connectivity index (χ4n) is 7.98. The summed E-state index contributed by atoms with van der Waals surface area (Å²) >= 11 is 0. The molecular weight excluding hydrogens is 611 g/mol. The maximum atomic E-state index is 6.37. The molecule has 2 aromatic heterocycles. The van der Waals surface area contributed by atoms with Crippen LogP contribution in [0.15, 0.2) is 168 Å². The van der Waals surface area contributed by atoms with Crippen molar-refractivity contribution in [3.8, 4) is 28.3 Å². The lowest BCUT2D eigenvalue weighted by Gasteiger charge is -2.27. The highest BCUT2D eigenvalue weighted by atomic mass is 16.3. The molecule has 1 aliphatic rings. The van der Waals surface area contributed by atoms with Gasteiger partial charge in [-0.2, -0.15) is 0 Å². The van der Waals surface area contributed by atoms with E-state index in [4.69, 9.17) is 9.40 Å². The molecule has 0 atom stereocenters. The van der Waals surface area contributed by atoms with E-state index in [0.717, 1.165) is 39.4 Å². The molecule has 0 bridgehead atoms. The highest BCUT2D eigenvalue weighted by Gasteiger charge is 2.37. The number of fused-ring (bicyclic) bond motifs is 7. The molecule has 0 saturated carbocycles. The van der Waals surface area contributed by atoms with Crippen molar-refractivity contribution in [2.75, 3.05) is 4.90 Å². The van der Waals surface area contributed by atoms with Gasteiger partial charge in [0.25, 0.3) is 0 Å². The Morgan fingerprint density at radius 3 is 1.98 bits per heavy atom. The van der Waals surface area contributed by atoms with Crippen molar-refractivity contribution >= 4 is 50.0 Å². The Morgan fingerprint density at radius 1 is 0.540 bits per heavy atom. The Hall–Kier alpha value is -6.39. The molecule has 0 amide bonds. The summed E-state index contributed by atoms with van der Waals surface area (Å²) in [6.45, 7) is 4.62. The van der Waals surface area contributed by atoms with E-state index >= 15 is 0 Å². The molecule has 1 aliphatic carbocycles. The third kappa shape index (κ3) is 4.28. The topological polar surface area (TPSA) is 34.2 Å². The molecule has 10 rings (SSSR count). The number of anilines is 3. The van der Waals surface area contributed by atoms with Crippen LogP contribution in [0.25, 0.3) is 61.2 Å². The number of hydrogen-bond donors (Lipinski definition) is 0. The standard InChI is InChI=1S/C46H33N3O/c1-46(2)39-24-22-33(26-36(39)37-28-44-41(29-40(37)46)47-45(50-44)30-14-6-3-7-15-30)48(31-16-8-4-9-17-31)34-23-25-43-38(27-34)35-20-12-13-21-42(35)49(43)32-18-10-5-11-19-32/h3-29H,1-2H3. The minimum absolute atomic E-state index is 0.182. The van der Waals surface area contributed by atoms with Gasteiger partial charge in [-0.1, -0.05) is 92.7 Å². The highest BCUT2D eigenvalue weighted by Crippen LogP contribution is 2.52. The minimum atomic E-state index is -0.182. The molecule has 9 aromatic rings. The third-order valence-corrected chi connectivity index (χ3v) is 10.4. The van der Waals surface area contributed by atoms with Gasteiger partial charge < -0.3 is 13.9 Å². The average molecular weight is 644 g/mol. The molecule has 0 N–H and O–H groups in total. The fraction of sp³-hybridized carbons (Fsp3) is 0.0652. The molecule has 2 heterocycles. The number of para-hydroxylation sites is 3. The summed E-state index contributed by atoms with van der Waals surface area (Å²) in [5, 5.41) is 2.45. The summed E-state index contributed by atoms with van der Waals surface area (Å²) in [4.78, 5) is 7.28. The van der Waals surface area contributed by atoms with Crippen LogP contribution < -0.4 is 4.90 Å². The Kier molecular flexibility index (Phi) is 6.19. The van der Waals surface area contributed by atoms with E-state index in [9.17, 15) is 0 Å². The van der Waals surface area contributed by atoms with Crippen molar-refractivity contribution in [1.29, 1.82) is 0 Å². The molecule has 0 radical (unpaired) electrons. The lowest BCUT2D eigenvalue weighted by Crippen LogP contribution is -2.15. The van der Waals surface area contributed by atoms with Crippen LogP contribution in [-0.2, 0) is 5.41 Å². The van der Waals surface area contributed by atoms with Crippen molar-refractivity contribution in [2.24, 2.45) is 0 Å². The van der Waals surface area contributed by atoms with E-state index in [1.165, 1.54) is 44.1 Å². The van der Waals surface area contributed by atoms with E-state index in [0.29, 0.717) is 5.89 Å². The maximum Gasteiger partial charge on any atom is 0.227 e. The van der Waals surface area contributed by atoms with Crippen molar-refractivity contribution in [3.05, 3.63) is 175 Å². The Bertz CT molecular complexity index is 2720. The first kappa shape index (κ1) is 28.6. The first-order valence-corrected chi connectivity index (χ1v) is 17.1. The Morgan fingerprint density at radius 2 is 1.18 bits per heavy atom. The molecule has 4 heteroatoms. The maximum absolute atomic E-state index is 6.37. The van der Waals surface area contributed by atoms with Crippen LogP contribution in [0.2, 0.25) is 0 Å². The summed E-state index contributed by atoms with van der Waals surface area (Å²) in [6, 6.07) is 58.3. The van der Waals surface area contributed by atoms with E-state index in [1.807, 2.05) is 30.3 Å². The normalized spacial score (nSPS) is 13.2. The Balaban J connectivity index is 1.15. The zero-order chi connectivity index (χ0) is 33.4. The summed E-state index contributed by atoms with van der Waals surface area (Å²) in [5.74, 6) is 0.648. The minimum Gasteiger partial charge on any atom is -0.436 e. The van der Waals surface area contributed by atoms with Gasteiger partial charge in [0.15, 0.2) is 5.58 Å². The first-order valence-electron chi connectivity index (χ1n) is 17.1. The zero-order valence-electron chi connectivity index (χ0n) is 27.8. The monoisotopic (exact) mass is 643 g/mol. The number of nitrogens with zero attached hydrogens (tertiary/aromatic N) is 3. The van der Waals surface area contributed by atoms with Gasteiger partial charge in [0, 0.05) is 44.5 Å². The van der Waals surface area contributed by atoms with E-state index < -0.39 is 0 Å². The van der Waals surface area contributed by atoms with Crippen molar-refractivity contribution < 1.29 is 4.42 Å². The second-order valence-electron chi connectivity index (χ2n) is 13.7. The van der Waals surface area contributed by atoms with Crippen molar-refractivity contribution in [1.82, 2.24) is 9.55 Å². The van der Waals surface area contributed by atoms with E-state index in [2.05, 4.69) is 157 Å². The van der Waals surface area contributed by atoms with Gasteiger partial charge in [0.1, 0.15) is 5.52 Å². The number of hydrogen-bond acceptors (Lipinski definition) is 3. The molecule has 0 spiro atoms. The fourth-order valence-corrected chi connectivity index (χ4v) is 7.98. The van der Waals surface area contributed by atoms with E-state index in [-0.39, 0.29) is 5.41 Å². The SMILES string of the molecule is CC1(C)c2ccc(N(c3ccccc3)c3ccc4c(c3)c3ccccc3n4-c3ccccc3)cc2-c2cc3oc(-c4ccccc4)nc3cc21. The molecule has 0 saturated heterocycles. The molecular formula is C46H33N3O. The van der Waals surface area contributed by atoms with Gasteiger partial charge >= 0.3 is 0 Å². The van der Waals surface area contributed by atoms with Crippen LogP contribution in [-0.4, -0.2) is 9.55 Å². The first-order chi connectivity index (χ1) is 24.5. The predicted octanol–water partition coefficient (Wildman–Crippen LogP) is 12.4. The second-order valence-corrected chi connectivity index (χ2v) is 13.7. The largest absolute Gasteiger partial charge is 0.436 e. The molecule has 0 aliphatic heterocycles. The molecule has 50 heavy (non-hydrogen) atoms. The average Bonchev–Trinajstić information content (AvgIpc) is 3.80. The summed E-state index contributed by atoms with van der Waals surface area (Å²) in [6.07, 6.45) is 0. The summed E-state index contributed by atoms with van der Waals surface area (Å²) in [7, 11) is 0. The zero-order valence-corrected chi connectivity index (χ0v) is 27.8. The van der Waals surface area contributed by atoms with Crippen LogP contribution in [0.5, 0.6) is 0 Å². The number of oxazole rings is 1. The van der Waals surface area contributed by atoms with Crippen LogP contribution >= 0.6 is 0 Å². The predicted molar refractivity (Wildman–Crippen MR) is 206 cm³/mol. The van der Waals surface area contributed by atoms with Gasteiger partial charge in [-0.15, -0.1) is 0 Å². The van der Waals surface area contributed by atoms with Crippen molar-refractivity contribution in [2.45, 2.75) is 19.3 Å². The molecule has 0 fully saturated rings. The van der Waals surface area contributed by atoms with Crippen molar-refractivity contribution in [3.63, 3.8) is 0 Å². The Labute approximate surface area is 290 Å². The van der Waals surface area contributed by atoms with Gasteiger partial charge in [-0.05, 0) is 107 Å². The number of aromatic nitrogens is 2. The number of rotatable bonds is 5. The lowest BCUT2D eigenvalue weighted by atomic mass is 9.82. The van der Waals surface area contributed by atoms with Gasteiger partial charge in [0.05, 0.1) is 11.0 Å².